The van der Waals surface area contributed by atoms with Crippen LogP contribution in [0.25, 0.3) is 10.9 Å². The molecule has 182 valence electrons. The average molecular weight is 491 g/mol. The van der Waals surface area contributed by atoms with Crippen molar-refractivity contribution in [2.75, 3.05) is 33.9 Å². The monoisotopic (exact) mass is 490 g/mol. The zero-order valence-electron chi connectivity index (χ0n) is 20.2. The van der Waals surface area contributed by atoms with E-state index in [4.69, 9.17) is 9.47 Å². The Hall–Kier alpha value is -3.21. The molecule has 3 aromatic rings. The van der Waals surface area contributed by atoms with Crippen LogP contribution in [0.4, 0.5) is 0 Å². The smallest absolute Gasteiger partial charge is 0.305 e. The number of hydrogen-bond donors (Lipinski definition) is 0. The topological polar surface area (TPSA) is 68.7 Å². The molecule has 0 bridgehead atoms. The maximum absolute atomic E-state index is 13.2. The van der Waals surface area contributed by atoms with Crippen molar-refractivity contribution in [1.82, 2.24) is 9.88 Å². The van der Waals surface area contributed by atoms with Crippen LogP contribution in [0.3, 0.4) is 0 Å². The quantitative estimate of drug-likeness (QED) is 0.256. The van der Waals surface area contributed by atoms with Crippen molar-refractivity contribution in [3.8, 4) is 17.6 Å². The molecule has 1 aromatic carbocycles. The van der Waals surface area contributed by atoms with Crippen molar-refractivity contribution >= 4 is 34.0 Å². The highest BCUT2D eigenvalue weighted by molar-refractivity contribution is 7.10. The van der Waals surface area contributed by atoms with Gasteiger partial charge in [-0.3, -0.25) is 19.5 Å². The van der Waals surface area contributed by atoms with Crippen LogP contribution in [-0.2, 0) is 9.53 Å². The van der Waals surface area contributed by atoms with Crippen LogP contribution in [-0.4, -0.2) is 55.5 Å². The van der Waals surface area contributed by atoms with Gasteiger partial charge in [0.2, 0.25) is 0 Å². The number of pyridine rings is 1. The summed E-state index contributed by atoms with van der Waals surface area (Å²) < 4.78 is 10.3. The van der Waals surface area contributed by atoms with Gasteiger partial charge in [0.25, 0.3) is 0 Å². The van der Waals surface area contributed by atoms with E-state index in [1.54, 1.807) is 30.7 Å². The van der Waals surface area contributed by atoms with Crippen molar-refractivity contribution in [3.63, 3.8) is 0 Å². The van der Waals surface area contributed by atoms with Crippen molar-refractivity contribution in [2.24, 2.45) is 11.8 Å². The molecule has 7 heteroatoms. The maximum Gasteiger partial charge on any atom is 0.305 e. The van der Waals surface area contributed by atoms with Gasteiger partial charge in [-0.15, -0.1) is 11.3 Å². The zero-order valence-corrected chi connectivity index (χ0v) is 21.0. The number of carbonyl (C=O) groups is 2. The van der Waals surface area contributed by atoms with Crippen LogP contribution >= 0.6 is 11.3 Å². The number of Topliss-reactive ketones (excluding diaryl/α,β-unsaturated/α-hetero) is 1. The van der Waals surface area contributed by atoms with Gasteiger partial charge >= 0.3 is 5.97 Å². The highest BCUT2D eigenvalue weighted by atomic mass is 32.1. The van der Waals surface area contributed by atoms with E-state index in [0.29, 0.717) is 30.7 Å². The van der Waals surface area contributed by atoms with Gasteiger partial charge in [-0.2, -0.15) is 0 Å². The van der Waals surface area contributed by atoms with Gasteiger partial charge in [-0.1, -0.05) is 17.9 Å². The first-order valence-corrected chi connectivity index (χ1v) is 12.7. The van der Waals surface area contributed by atoms with Crippen molar-refractivity contribution in [2.45, 2.75) is 25.7 Å². The second kappa shape index (κ2) is 12.0. The molecule has 0 spiro atoms. The van der Waals surface area contributed by atoms with Crippen LogP contribution in [0.15, 0.2) is 48.0 Å². The number of likely N-dealkylation sites (tertiary alicyclic amines) is 1. The molecule has 1 aliphatic rings. The summed E-state index contributed by atoms with van der Waals surface area (Å²) >= 11 is 1.64. The summed E-state index contributed by atoms with van der Waals surface area (Å²) in [5.41, 5.74) is 1.44. The van der Waals surface area contributed by atoms with E-state index >= 15 is 0 Å². The first-order chi connectivity index (χ1) is 17.1. The van der Waals surface area contributed by atoms with Gasteiger partial charge < -0.3 is 9.47 Å². The van der Waals surface area contributed by atoms with Crippen LogP contribution in [0.5, 0.6) is 5.75 Å². The van der Waals surface area contributed by atoms with Crippen LogP contribution in [0, 0.1) is 23.7 Å². The highest BCUT2D eigenvalue weighted by Gasteiger charge is 2.31. The molecule has 1 saturated heterocycles. The number of methoxy groups -OCH3 is 2. The highest BCUT2D eigenvalue weighted by Crippen LogP contribution is 2.32. The fourth-order valence-electron chi connectivity index (χ4n) is 4.74. The summed E-state index contributed by atoms with van der Waals surface area (Å²) in [4.78, 5) is 33.1. The fraction of sp³-hybridized carbons (Fsp3) is 0.393. The number of hydrogen-bond acceptors (Lipinski definition) is 7. The summed E-state index contributed by atoms with van der Waals surface area (Å²) in [7, 11) is 3.04. The second-order valence-corrected chi connectivity index (χ2v) is 9.75. The lowest BCUT2D eigenvalue weighted by Crippen LogP contribution is -2.41. The van der Waals surface area contributed by atoms with Crippen LogP contribution in [0.1, 0.15) is 40.9 Å². The Balaban J connectivity index is 1.41. The van der Waals surface area contributed by atoms with Crippen molar-refractivity contribution < 1.29 is 19.1 Å². The third kappa shape index (κ3) is 6.47. The lowest BCUT2D eigenvalue weighted by atomic mass is 9.79. The molecule has 35 heavy (non-hydrogen) atoms. The largest absolute Gasteiger partial charge is 0.497 e. The van der Waals surface area contributed by atoms with E-state index in [9.17, 15) is 9.59 Å². The standard InChI is InChI=1S/C28H30N2O4S/c1-33-22-8-9-26-25(18-22)24(11-13-29-26)27(31)10-7-20-12-15-30(19-21(20)17-28(32)34-2)14-3-5-23-6-4-16-35-23/h4,6,8-9,11,13,16,18,20-21H,7,10,12,14-15,17,19H2,1-2H3/t20-,21+/m1/s1. The molecule has 2 atom stereocenters. The average Bonchev–Trinajstić information content (AvgIpc) is 3.40. The van der Waals surface area contributed by atoms with E-state index < -0.39 is 0 Å². The predicted molar refractivity (Wildman–Crippen MR) is 138 cm³/mol. The van der Waals surface area contributed by atoms with Gasteiger partial charge in [0, 0.05) is 36.5 Å². The number of ketones is 1. The summed E-state index contributed by atoms with van der Waals surface area (Å²) in [6.07, 6.45) is 4.14. The zero-order chi connectivity index (χ0) is 24.6. The number of ether oxygens (including phenoxy) is 2. The molecule has 6 nitrogen and oxygen atoms in total. The van der Waals surface area contributed by atoms with E-state index in [1.165, 1.54) is 7.11 Å². The minimum absolute atomic E-state index is 0.0896. The summed E-state index contributed by atoms with van der Waals surface area (Å²) in [6.45, 7) is 2.36. The third-order valence-electron chi connectivity index (χ3n) is 6.66. The maximum atomic E-state index is 13.2. The SMILES string of the molecule is COC(=O)C[C@H]1CN(CC#Cc2cccs2)CC[C@H]1CCC(=O)c1ccnc2ccc(OC)cc12. The molecule has 0 unspecified atom stereocenters. The van der Waals surface area contributed by atoms with Crippen molar-refractivity contribution in [3.05, 3.63) is 58.4 Å². The molecule has 0 saturated carbocycles. The number of nitrogens with zero attached hydrogens (tertiary/aromatic N) is 2. The molecule has 1 fully saturated rings. The Morgan fingerprint density at radius 2 is 2.09 bits per heavy atom. The number of thiophene rings is 1. The van der Waals surface area contributed by atoms with Gasteiger partial charge in [0.05, 0.1) is 31.2 Å². The Labute approximate surface area is 210 Å². The Bertz CT molecular complexity index is 1230. The minimum atomic E-state index is -0.204. The third-order valence-corrected chi connectivity index (χ3v) is 7.44. The molecule has 1 aliphatic heterocycles. The molecular weight excluding hydrogens is 460 g/mol. The normalized spacial score (nSPS) is 18.0. The molecule has 0 radical (unpaired) electrons. The number of rotatable bonds is 8. The minimum Gasteiger partial charge on any atom is -0.497 e. The number of piperidine rings is 1. The second-order valence-electron chi connectivity index (χ2n) is 8.81. The summed E-state index contributed by atoms with van der Waals surface area (Å²) in [6, 6.07) is 11.4. The first kappa shape index (κ1) is 24.9. The van der Waals surface area contributed by atoms with Gasteiger partial charge in [-0.05, 0) is 66.9 Å². The van der Waals surface area contributed by atoms with Crippen LogP contribution < -0.4 is 4.74 Å². The molecule has 3 heterocycles. The summed E-state index contributed by atoms with van der Waals surface area (Å²) in [5.74, 6) is 7.47. The Morgan fingerprint density at radius 1 is 1.20 bits per heavy atom. The lowest BCUT2D eigenvalue weighted by Gasteiger charge is -2.37. The Morgan fingerprint density at radius 3 is 2.86 bits per heavy atom. The van der Waals surface area contributed by atoms with Gasteiger partial charge in [-0.25, -0.2) is 0 Å². The summed E-state index contributed by atoms with van der Waals surface area (Å²) in [5, 5.41) is 2.83. The number of carbonyl (C=O) groups excluding carboxylic acids is 2. The molecule has 0 amide bonds. The van der Waals surface area contributed by atoms with Crippen LogP contribution in [0.2, 0.25) is 0 Å². The number of aromatic nitrogens is 1. The van der Waals surface area contributed by atoms with Crippen molar-refractivity contribution in [1.29, 1.82) is 0 Å². The number of esters is 1. The van der Waals surface area contributed by atoms with E-state index in [0.717, 1.165) is 41.7 Å². The molecule has 0 aliphatic carbocycles. The molecule has 4 rings (SSSR count). The van der Waals surface area contributed by atoms with Gasteiger partial charge in [0.1, 0.15) is 5.75 Å². The predicted octanol–water partition coefficient (Wildman–Crippen LogP) is 4.82. The fourth-order valence-corrected chi connectivity index (χ4v) is 5.34. The van der Waals surface area contributed by atoms with E-state index in [-0.39, 0.29) is 23.6 Å². The van der Waals surface area contributed by atoms with E-state index in [1.807, 2.05) is 35.7 Å². The number of benzene rings is 1. The Kier molecular flexibility index (Phi) is 8.51. The van der Waals surface area contributed by atoms with E-state index in [2.05, 4.69) is 21.7 Å². The lowest BCUT2D eigenvalue weighted by molar-refractivity contribution is -0.142. The molecule has 0 N–H and O–H groups in total. The number of fused-ring (bicyclic) bond motifs is 1. The molecule has 2 aromatic heterocycles. The van der Waals surface area contributed by atoms with Gasteiger partial charge in [0.15, 0.2) is 5.78 Å². The molecular formula is C28H30N2O4S. The first-order valence-electron chi connectivity index (χ1n) is 11.8.